The molecule has 0 spiro atoms. The van der Waals surface area contributed by atoms with E-state index < -0.39 is 10.8 Å². The number of carbonyl (C=O) groups is 1. The van der Waals surface area contributed by atoms with Crippen LogP contribution < -0.4 is 10.1 Å². The first-order valence-corrected chi connectivity index (χ1v) is 11.4. The van der Waals surface area contributed by atoms with E-state index in [0.717, 1.165) is 11.5 Å². The lowest BCUT2D eigenvalue weighted by molar-refractivity contribution is -0.384. The minimum Gasteiger partial charge on any atom is -0.505 e. The number of nitro benzene ring substituents is 1. The van der Waals surface area contributed by atoms with Crippen LogP contribution in [0.3, 0.4) is 0 Å². The van der Waals surface area contributed by atoms with E-state index in [1.807, 2.05) is 0 Å². The van der Waals surface area contributed by atoms with E-state index in [4.69, 9.17) is 4.74 Å². The minimum atomic E-state index is -0.529. The number of aromatic nitrogens is 1. The average Bonchev–Trinajstić information content (AvgIpc) is 3.30. The molecule has 10 nitrogen and oxygen atoms in total. The van der Waals surface area contributed by atoms with E-state index in [0.29, 0.717) is 38.1 Å². The Morgan fingerprint density at radius 3 is 2.58 bits per heavy atom. The van der Waals surface area contributed by atoms with Crippen molar-refractivity contribution in [2.75, 3.05) is 12.4 Å². The lowest BCUT2D eigenvalue weighted by Crippen LogP contribution is -2.12. The summed E-state index contributed by atoms with van der Waals surface area (Å²) in [4.78, 5) is 23.7. The van der Waals surface area contributed by atoms with Gasteiger partial charge in [-0.2, -0.15) is 4.37 Å². The molecule has 178 valence electrons. The molecule has 0 bridgehead atoms. The second-order valence-electron chi connectivity index (χ2n) is 7.67. The third kappa shape index (κ3) is 4.30. The molecular formula is C25H17N5O5S. The maximum absolute atomic E-state index is 13.0. The summed E-state index contributed by atoms with van der Waals surface area (Å²) in [7, 11) is 1.55. The first-order chi connectivity index (χ1) is 17.4. The molecule has 11 heteroatoms. The van der Waals surface area contributed by atoms with Crippen LogP contribution in [-0.2, 0) is 0 Å². The van der Waals surface area contributed by atoms with Crippen molar-refractivity contribution in [2.45, 2.75) is 0 Å². The highest BCUT2D eigenvalue weighted by molar-refractivity contribution is 7.11. The molecule has 5 aromatic rings. The van der Waals surface area contributed by atoms with Gasteiger partial charge in [0.25, 0.3) is 11.6 Å². The van der Waals surface area contributed by atoms with E-state index in [-0.39, 0.29) is 22.7 Å². The number of nitro groups is 1. The zero-order valence-electron chi connectivity index (χ0n) is 18.7. The summed E-state index contributed by atoms with van der Waals surface area (Å²) < 4.78 is 9.38. The fourth-order valence-corrected chi connectivity index (χ4v) is 4.35. The molecule has 4 aromatic carbocycles. The number of phenolic OH excluding ortho intramolecular Hbond substituents is 1. The molecule has 1 aromatic heterocycles. The van der Waals surface area contributed by atoms with Gasteiger partial charge in [0.15, 0.2) is 10.8 Å². The molecule has 0 radical (unpaired) electrons. The van der Waals surface area contributed by atoms with E-state index in [2.05, 4.69) is 19.9 Å². The van der Waals surface area contributed by atoms with Gasteiger partial charge in [-0.05, 0) is 53.3 Å². The number of phenols is 1. The number of azo groups is 1. The van der Waals surface area contributed by atoms with Gasteiger partial charge in [0.2, 0.25) is 0 Å². The van der Waals surface area contributed by atoms with Gasteiger partial charge in [-0.15, -0.1) is 10.2 Å². The van der Waals surface area contributed by atoms with E-state index in [1.165, 1.54) is 12.1 Å². The number of methoxy groups -OCH3 is 1. The number of aromatic hydroxyl groups is 1. The highest BCUT2D eigenvalue weighted by atomic mass is 32.1. The van der Waals surface area contributed by atoms with Crippen LogP contribution in [-0.4, -0.2) is 27.4 Å². The molecule has 2 N–H and O–H groups in total. The molecule has 0 saturated carbocycles. The standard InChI is InChI=1S/C25H17N5O5S/c1-35-17-9-6-15(7-10-17)26-24(32)20-12-14-4-2-3-5-18(14)22(23(20)31)27-28-25-19-13-16(30(33)34)8-11-21(19)29-36-25/h2-13,31H,1H3,(H,26,32). The third-order valence-electron chi connectivity index (χ3n) is 5.48. The van der Waals surface area contributed by atoms with Crippen molar-refractivity contribution in [3.05, 3.63) is 88.5 Å². The predicted octanol–water partition coefficient (Wildman–Crippen LogP) is 6.74. The number of rotatable bonds is 6. The number of non-ortho nitro benzene ring substituents is 1. The number of nitrogens with zero attached hydrogens (tertiary/aromatic N) is 4. The van der Waals surface area contributed by atoms with Gasteiger partial charge in [0, 0.05) is 28.6 Å². The van der Waals surface area contributed by atoms with Crippen LogP contribution in [0.15, 0.2) is 83.0 Å². The van der Waals surface area contributed by atoms with Crippen molar-refractivity contribution < 1.29 is 19.6 Å². The monoisotopic (exact) mass is 499 g/mol. The van der Waals surface area contributed by atoms with Crippen molar-refractivity contribution >= 4 is 61.2 Å². The summed E-state index contributed by atoms with van der Waals surface area (Å²) in [5.41, 5.74) is 1.09. The maximum Gasteiger partial charge on any atom is 0.270 e. The Morgan fingerprint density at radius 1 is 1.06 bits per heavy atom. The summed E-state index contributed by atoms with van der Waals surface area (Å²) in [6.07, 6.45) is 0. The van der Waals surface area contributed by atoms with E-state index in [9.17, 15) is 20.0 Å². The number of nitrogens with one attached hydrogen (secondary N) is 1. The molecule has 1 amide bonds. The van der Waals surface area contributed by atoms with Gasteiger partial charge in [-0.1, -0.05) is 24.3 Å². The molecular weight excluding hydrogens is 482 g/mol. The topological polar surface area (TPSA) is 139 Å². The van der Waals surface area contributed by atoms with Crippen LogP contribution in [0.2, 0.25) is 0 Å². The fraction of sp³-hybridized carbons (Fsp3) is 0.0400. The fourth-order valence-electron chi connectivity index (χ4n) is 3.66. The Hall–Kier alpha value is -4.90. The van der Waals surface area contributed by atoms with E-state index in [1.54, 1.807) is 67.8 Å². The predicted molar refractivity (Wildman–Crippen MR) is 137 cm³/mol. The Balaban J connectivity index is 1.55. The number of hydrogen-bond donors (Lipinski definition) is 2. The summed E-state index contributed by atoms with van der Waals surface area (Å²) in [5.74, 6) is -0.229. The van der Waals surface area contributed by atoms with Crippen LogP contribution >= 0.6 is 11.5 Å². The van der Waals surface area contributed by atoms with Crippen LogP contribution in [0, 0.1) is 10.1 Å². The molecule has 0 fully saturated rings. The molecule has 1 heterocycles. The molecule has 0 aliphatic rings. The first kappa shape index (κ1) is 22.9. The van der Waals surface area contributed by atoms with Gasteiger partial charge >= 0.3 is 0 Å². The Labute approximate surface area is 207 Å². The molecule has 0 unspecified atom stereocenters. The van der Waals surface area contributed by atoms with Gasteiger partial charge in [0.1, 0.15) is 11.4 Å². The van der Waals surface area contributed by atoms with Gasteiger partial charge in [0.05, 0.1) is 23.1 Å². The van der Waals surface area contributed by atoms with Crippen molar-refractivity contribution in [3.63, 3.8) is 0 Å². The SMILES string of the molecule is COc1ccc(NC(=O)c2cc3ccccc3c(N=Nc3snc4ccc([N+](=O)[O-])cc34)c2O)cc1. The van der Waals surface area contributed by atoms with Gasteiger partial charge in [-0.25, -0.2) is 0 Å². The maximum atomic E-state index is 13.0. The number of ether oxygens (including phenoxy) is 1. The lowest BCUT2D eigenvalue weighted by atomic mass is 10.0. The number of anilines is 1. The van der Waals surface area contributed by atoms with Crippen LogP contribution in [0.25, 0.3) is 21.7 Å². The third-order valence-corrected chi connectivity index (χ3v) is 6.24. The Kier molecular flexibility index (Phi) is 5.97. The molecule has 0 aliphatic carbocycles. The van der Waals surface area contributed by atoms with Crippen LogP contribution in [0.4, 0.5) is 22.1 Å². The van der Waals surface area contributed by atoms with Gasteiger partial charge in [-0.3, -0.25) is 14.9 Å². The summed E-state index contributed by atoms with van der Waals surface area (Å²) in [6, 6.07) is 19.8. The van der Waals surface area contributed by atoms with Crippen molar-refractivity contribution in [1.82, 2.24) is 4.37 Å². The molecule has 36 heavy (non-hydrogen) atoms. The summed E-state index contributed by atoms with van der Waals surface area (Å²) in [5, 5.41) is 35.5. The zero-order valence-corrected chi connectivity index (χ0v) is 19.5. The van der Waals surface area contributed by atoms with Crippen LogP contribution in [0.1, 0.15) is 10.4 Å². The lowest BCUT2D eigenvalue weighted by Gasteiger charge is -2.11. The van der Waals surface area contributed by atoms with Crippen LogP contribution in [0.5, 0.6) is 11.5 Å². The largest absolute Gasteiger partial charge is 0.505 e. The summed E-state index contributed by atoms with van der Waals surface area (Å²) in [6.45, 7) is 0. The number of carbonyl (C=O) groups excluding carboxylic acids is 1. The number of hydrogen-bond acceptors (Lipinski definition) is 9. The van der Waals surface area contributed by atoms with Gasteiger partial charge < -0.3 is 15.2 Å². The number of benzene rings is 4. The first-order valence-electron chi connectivity index (χ1n) is 10.6. The summed E-state index contributed by atoms with van der Waals surface area (Å²) >= 11 is 1.02. The Morgan fingerprint density at radius 2 is 1.83 bits per heavy atom. The normalized spacial score (nSPS) is 11.2. The number of fused-ring (bicyclic) bond motifs is 2. The molecule has 0 saturated heterocycles. The van der Waals surface area contributed by atoms with Crippen molar-refractivity contribution in [3.8, 4) is 11.5 Å². The Bertz CT molecular complexity index is 1660. The quantitative estimate of drug-likeness (QED) is 0.151. The van der Waals surface area contributed by atoms with E-state index >= 15 is 0 Å². The number of amides is 1. The second kappa shape index (κ2) is 9.39. The average molecular weight is 500 g/mol. The van der Waals surface area contributed by atoms with Crippen molar-refractivity contribution in [1.29, 1.82) is 0 Å². The molecule has 0 atom stereocenters. The zero-order chi connectivity index (χ0) is 25.2. The minimum absolute atomic E-state index is 0.0169. The molecule has 0 aliphatic heterocycles. The second-order valence-corrected chi connectivity index (χ2v) is 8.42. The smallest absolute Gasteiger partial charge is 0.270 e. The molecule has 5 rings (SSSR count). The highest BCUT2D eigenvalue weighted by Crippen LogP contribution is 2.41. The highest BCUT2D eigenvalue weighted by Gasteiger charge is 2.19. The van der Waals surface area contributed by atoms with Crippen molar-refractivity contribution in [2.24, 2.45) is 10.2 Å².